The number of anilines is 4. The van der Waals surface area contributed by atoms with Crippen LogP contribution in [-0.4, -0.2) is 16.0 Å². The molecule has 0 aliphatic carbocycles. The quantitative estimate of drug-likeness (QED) is 0.750. The zero-order valence-electron chi connectivity index (χ0n) is 14.2. The Morgan fingerprint density at radius 2 is 1.84 bits per heavy atom. The maximum atomic E-state index is 13.1. The number of aromatic nitrogens is 2. The summed E-state index contributed by atoms with van der Waals surface area (Å²) in [7, 11) is 0. The molecular weight excluding hydrogens is 315 g/mol. The summed E-state index contributed by atoms with van der Waals surface area (Å²) in [6.07, 6.45) is 1.000. The van der Waals surface area contributed by atoms with Crippen molar-refractivity contribution in [1.82, 2.24) is 9.97 Å². The molecule has 4 nitrogen and oxygen atoms in total. The molecule has 4 rings (SSSR count). The summed E-state index contributed by atoms with van der Waals surface area (Å²) in [4.78, 5) is 11.4. The van der Waals surface area contributed by atoms with Gasteiger partial charge in [0.25, 0.3) is 0 Å². The Bertz CT molecular complexity index is 908. The zero-order chi connectivity index (χ0) is 17.4. The van der Waals surface area contributed by atoms with E-state index in [9.17, 15) is 4.39 Å². The molecule has 0 amide bonds. The van der Waals surface area contributed by atoms with Crippen molar-refractivity contribution in [2.75, 3.05) is 10.2 Å². The maximum Gasteiger partial charge on any atom is 0.229 e. The number of para-hydroxylation sites is 1. The summed E-state index contributed by atoms with van der Waals surface area (Å²) in [5.74, 6) is 1.12. The summed E-state index contributed by atoms with van der Waals surface area (Å²) in [5.41, 5.74) is 4.17. The van der Waals surface area contributed by atoms with Crippen LogP contribution in [0.15, 0.2) is 54.6 Å². The van der Waals surface area contributed by atoms with Crippen molar-refractivity contribution < 1.29 is 4.39 Å². The molecule has 2 heterocycles. The van der Waals surface area contributed by atoms with E-state index in [1.165, 1.54) is 23.4 Å². The number of nitrogens with zero attached hydrogens (tertiary/aromatic N) is 3. The Balaban J connectivity index is 1.69. The van der Waals surface area contributed by atoms with Crippen LogP contribution in [-0.2, 0) is 6.42 Å². The van der Waals surface area contributed by atoms with Crippen molar-refractivity contribution in [2.24, 2.45) is 0 Å². The number of rotatable bonds is 3. The molecule has 126 valence electrons. The Morgan fingerprint density at radius 1 is 1.08 bits per heavy atom. The van der Waals surface area contributed by atoms with Gasteiger partial charge in [0.15, 0.2) is 0 Å². The molecule has 1 aliphatic rings. The van der Waals surface area contributed by atoms with Gasteiger partial charge in [-0.05, 0) is 56.2 Å². The monoisotopic (exact) mass is 334 g/mol. The largest absolute Gasteiger partial charge is 0.324 e. The molecule has 5 heteroatoms. The molecule has 25 heavy (non-hydrogen) atoms. The molecule has 0 saturated heterocycles. The Labute approximate surface area is 146 Å². The van der Waals surface area contributed by atoms with E-state index in [2.05, 4.69) is 46.4 Å². The molecule has 2 aromatic carbocycles. The predicted molar refractivity (Wildman–Crippen MR) is 98.2 cm³/mol. The summed E-state index contributed by atoms with van der Waals surface area (Å²) < 4.78 is 13.1. The first-order valence-corrected chi connectivity index (χ1v) is 8.35. The molecule has 0 radical (unpaired) electrons. The highest BCUT2D eigenvalue weighted by atomic mass is 19.1. The predicted octanol–water partition coefficient (Wildman–Crippen LogP) is 4.75. The first kappa shape index (κ1) is 15.6. The average molecular weight is 334 g/mol. The molecule has 1 aliphatic heterocycles. The minimum Gasteiger partial charge on any atom is -0.324 e. The van der Waals surface area contributed by atoms with Gasteiger partial charge in [-0.1, -0.05) is 18.2 Å². The number of fused-ring (bicyclic) bond motifs is 1. The highest BCUT2D eigenvalue weighted by Gasteiger charge is 2.28. The van der Waals surface area contributed by atoms with Crippen LogP contribution in [0.1, 0.15) is 18.2 Å². The third-order valence-corrected chi connectivity index (χ3v) is 4.40. The van der Waals surface area contributed by atoms with Crippen molar-refractivity contribution in [3.63, 3.8) is 0 Å². The van der Waals surface area contributed by atoms with Gasteiger partial charge in [-0.25, -0.2) is 9.37 Å². The standard InChI is InChI=1S/C20H19FN4/c1-13-11-19(25-14(2)12-15-5-3-4-6-18(15)25)24-20(22-13)23-17-9-7-16(21)8-10-17/h3-11,14H,12H2,1-2H3,(H,22,23,24). The van der Waals surface area contributed by atoms with Gasteiger partial charge in [0.05, 0.1) is 0 Å². The summed E-state index contributed by atoms with van der Waals surface area (Å²) >= 11 is 0. The molecule has 0 spiro atoms. The molecule has 0 fully saturated rings. The number of hydrogen-bond acceptors (Lipinski definition) is 4. The van der Waals surface area contributed by atoms with E-state index in [0.29, 0.717) is 12.0 Å². The fourth-order valence-corrected chi connectivity index (χ4v) is 3.31. The first-order valence-electron chi connectivity index (χ1n) is 8.35. The molecule has 1 unspecified atom stereocenters. The van der Waals surface area contributed by atoms with Gasteiger partial charge in [-0.15, -0.1) is 0 Å². The molecule has 0 bridgehead atoms. The van der Waals surface area contributed by atoms with E-state index in [-0.39, 0.29) is 5.82 Å². The van der Waals surface area contributed by atoms with Gasteiger partial charge in [0.1, 0.15) is 11.6 Å². The van der Waals surface area contributed by atoms with Gasteiger partial charge in [-0.2, -0.15) is 4.98 Å². The average Bonchev–Trinajstić information content (AvgIpc) is 2.92. The van der Waals surface area contributed by atoms with E-state index in [1.54, 1.807) is 12.1 Å². The van der Waals surface area contributed by atoms with Crippen molar-refractivity contribution in [2.45, 2.75) is 26.3 Å². The number of benzene rings is 2. The normalized spacial score (nSPS) is 16.0. The van der Waals surface area contributed by atoms with Crippen molar-refractivity contribution in [1.29, 1.82) is 0 Å². The maximum absolute atomic E-state index is 13.1. The number of hydrogen-bond donors (Lipinski definition) is 1. The summed E-state index contributed by atoms with van der Waals surface area (Å²) in [6.45, 7) is 4.15. The topological polar surface area (TPSA) is 41.1 Å². The number of aryl methyl sites for hydroxylation is 1. The van der Waals surface area contributed by atoms with Crippen molar-refractivity contribution in [3.8, 4) is 0 Å². The van der Waals surface area contributed by atoms with Crippen LogP contribution in [0.25, 0.3) is 0 Å². The fraction of sp³-hybridized carbons (Fsp3) is 0.200. The van der Waals surface area contributed by atoms with Crippen LogP contribution < -0.4 is 10.2 Å². The van der Waals surface area contributed by atoms with E-state index in [1.807, 2.05) is 13.0 Å². The smallest absolute Gasteiger partial charge is 0.229 e. The molecule has 0 saturated carbocycles. The van der Waals surface area contributed by atoms with Gasteiger partial charge in [0, 0.05) is 29.2 Å². The minimum atomic E-state index is -0.265. The second-order valence-corrected chi connectivity index (χ2v) is 6.37. The summed E-state index contributed by atoms with van der Waals surface area (Å²) in [5, 5.41) is 3.16. The Kier molecular flexibility index (Phi) is 3.84. The van der Waals surface area contributed by atoms with Crippen LogP contribution >= 0.6 is 0 Å². The van der Waals surface area contributed by atoms with E-state index in [4.69, 9.17) is 4.98 Å². The highest BCUT2D eigenvalue weighted by molar-refractivity contribution is 5.70. The summed E-state index contributed by atoms with van der Waals surface area (Å²) in [6, 6.07) is 16.9. The van der Waals surface area contributed by atoms with Crippen LogP contribution in [0.3, 0.4) is 0 Å². The number of nitrogens with one attached hydrogen (secondary N) is 1. The van der Waals surface area contributed by atoms with Crippen LogP contribution in [0, 0.1) is 12.7 Å². The molecular formula is C20H19FN4. The van der Waals surface area contributed by atoms with Crippen LogP contribution in [0.4, 0.5) is 27.5 Å². The fourth-order valence-electron chi connectivity index (χ4n) is 3.31. The SMILES string of the molecule is Cc1cc(N2c3ccccc3CC2C)nc(Nc2ccc(F)cc2)n1. The van der Waals surface area contributed by atoms with Gasteiger partial charge >= 0.3 is 0 Å². The Hall–Kier alpha value is -2.95. The Morgan fingerprint density at radius 3 is 2.64 bits per heavy atom. The van der Waals surface area contributed by atoms with Crippen LogP contribution in [0.2, 0.25) is 0 Å². The van der Waals surface area contributed by atoms with E-state index < -0.39 is 0 Å². The second kappa shape index (κ2) is 6.16. The molecule has 1 atom stereocenters. The third-order valence-electron chi connectivity index (χ3n) is 4.40. The first-order chi connectivity index (χ1) is 12.1. The van der Waals surface area contributed by atoms with Crippen molar-refractivity contribution in [3.05, 3.63) is 71.7 Å². The van der Waals surface area contributed by atoms with Crippen LogP contribution in [0.5, 0.6) is 0 Å². The lowest BCUT2D eigenvalue weighted by Gasteiger charge is -2.24. The second-order valence-electron chi connectivity index (χ2n) is 6.37. The lowest BCUT2D eigenvalue weighted by Crippen LogP contribution is -2.25. The van der Waals surface area contributed by atoms with E-state index >= 15 is 0 Å². The molecule has 1 N–H and O–H groups in total. The zero-order valence-corrected chi connectivity index (χ0v) is 14.2. The van der Waals surface area contributed by atoms with Gasteiger partial charge in [-0.3, -0.25) is 0 Å². The third kappa shape index (κ3) is 3.05. The molecule has 3 aromatic rings. The minimum absolute atomic E-state index is 0.265. The number of halogens is 1. The lowest BCUT2D eigenvalue weighted by atomic mass is 10.1. The van der Waals surface area contributed by atoms with E-state index in [0.717, 1.165) is 23.6 Å². The van der Waals surface area contributed by atoms with Gasteiger partial charge < -0.3 is 10.2 Å². The van der Waals surface area contributed by atoms with Gasteiger partial charge in [0.2, 0.25) is 5.95 Å². The van der Waals surface area contributed by atoms with Crippen molar-refractivity contribution >= 4 is 23.1 Å². The lowest BCUT2D eigenvalue weighted by molar-refractivity contribution is 0.628. The highest BCUT2D eigenvalue weighted by Crippen LogP contribution is 2.37. The molecule has 1 aromatic heterocycles.